The van der Waals surface area contributed by atoms with Crippen molar-refractivity contribution in [2.45, 2.75) is 5.54 Å². The minimum Gasteiger partial charge on any atom is -0.490 e. The molecule has 1 aromatic heterocycles. The van der Waals surface area contributed by atoms with Gasteiger partial charge in [0.1, 0.15) is 11.1 Å². The van der Waals surface area contributed by atoms with Gasteiger partial charge in [0.15, 0.2) is 5.76 Å². The molecule has 1 aliphatic rings. The maximum absolute atomic E-state index is 11.7. The maximum Gasteiger partial charge on any atom is 0.308 e. The molecule has 4 aromatic rings. The number of hydrogen-bond donors (Lipinski definition) is 1. The number of benzene rings is 3. The lowest BCUT2D eigenvalue weighted by atomic mass is 9.71. The molecule has 0 amide bonds. The molecule has 3 aromatic carbocycles. The number of rotatable bonds is 5. The summed E-state index contributed by atoms with van der Waals surface area (Å²) in [4.78, 5) is -0.195. The Morgan fingerprint density at radius 3 is 2.38 bits per heavy atom. The van der Waals surface area contributed by atoms with Gasteiger partial charge in [-0.25, -0.2) is 4.68 Å². The smallest absolute Gasteiger partial charge is 0.308 e. The predicted octanol–water partition coefficient (Wildman–Crippen LogP) is 4.93. The number of allylic oxidation sites excluding steroid dienone is 3. The van der Waals surface area contributed by atoms with E-state index in [1.54, 1.807) is 6.08 Å². The van der Waals surface area contributed by atoms with Crippen LogP contribution in [0, 0.1) is 11.1 Å². The van der Waals surface area contributed by atoms with Crippen LogP contribution in [0.4, 0.5) is 0 Å². The Labute approximate surface area is 201 Å². The lowest BCUT2D eigenvalue weighted by Gasteiger charge is -2.40. The first-order valence-corrected chi connectivity index (χ1v) is 11.0. The zero-order valence-corrected chi connectivity index (χ0v) is 19.0. The Morgan fingerprint density at radius 2 is 1.68 bits per heavy atom. The third-order valence-corrected chi connectivity index (χ3v) is 6.39. The van der Waals surface area contributed by atoms with Crippen LogP contribution < -0.4 is 0 Å². The molecular formula is C26H21ClN4O3. The summed E-state index contributed by atoms with van der Waals surface area (Å²) in [7, 11) is 1.46. The summed E-state index contributed by atoms with van der Waals surface area (Å²) in [6, 6.07) is 25.3. The molecule has 34 heavy (non-hydrogen) atoms. The molecule has 0 spiro atoms. The van der Waals surface area contributed by atoms with Gasteiger partial charge in [-0.1, -0.05) is 77.5 Å². The third kappa shape index (κ3) is 3.41. The molecule has 8 heteroatoms. The van der Waals surface area contributed by atoms with E-state index < -0.39 is 5.54 Å². The first kappa shape index (κ1) is 21.7. The average molecular weight is 473 g/mol. The van der Waals surface area contributed by atoms with E-state index in [2.05, 4.69) is 10.3 Å². The minimum atomic E-state index is -0.920. The van der Waals surface area contributed by atoms with Gasteiger partial charge in [0, 0.05) is 21.9 Å². The van der Waals surface area contributed by atoms with Crippen molar-refractivity contribution in [2.24, 2.45) is 5.92 Å². The van der Waals surface area contributed by atoms with Gasteiger partial charge in [0.05, 0.1) is 12.6 Å². The number of methoxy groups -OCH3 is 1. The molecule has 170 valence electrons. The van der Waals surface area contributed by atoms with Crippen molar-refractivity contribution in [1.29, 1.82) is 0 Å². The summed E-state index contributed by atoms with van der Waals surface area (Å²) in [5.74, 6) is -0.122. The first-order valence-electron chi connectivity index (χ1n) is 10.7. The van der Waals surface area contributed by atoms with Gasteiger partial charge in [-0.3, -0.25) is 5.21 Å². The number of ether oxygens (including phenoxy) is 1. The van der Waals surface area contributed by atoms with Crippen molar-refractivity contribution in [3.05, 3.63) is 124 Å². The van der Waals surface area contributed by atoms with Gasteiger partial charge >= 0.3 is 5.71 Å². The molecule has 5 rings (SSSR count). The molecule has 0 aliphatic heterocycles. The van der Waals surface area contributed by atoms with Gasteiger partial charge in [-0.2, -0.15) is 0 Å². The fourth-order valence-corrected chi connectivity index (χ4v) is 4.76. The second kappa shape index (κ2) is 8.68. The Balaban J connectivity index is 1.90. The highest BCUT2D eigenvalue weighted by Crippen LogP contribution is 2.45. The second-order valence-corrected chi connectivity index (χ2v) is 8.34. The van der Waals surface area contributed by atoms with Gasteiger partial charge in [0.25, 0.3) is 0 Å². The van der Waals surface area contributed by atoms with Gasteiger partial charge in [-0.15, -0.1) is 5.10 Å². The van der Waals surface area contributed by atoms with Gasteiger partial charge in [-0.05, 0) is 41.5 Å². The van der Waals surface area contributed by atoms with E-state index >= 15 is 0 Å². The molecular weight excluding hydrogens is 452 g/mol. The standard InChI is InChI=1S/C26H21ClN4O3/c1-34-25-17-20(13-16-24(25)31(32)33)26(18-7-3-2-4-8-18,19-11-14-21(27)15-12-19)30-23-10-6-5-9-22(23)28-29-30/h2-17,20H,1H3,(H,32,33). The largest absolute Gasteiger partial charge is 0.490 e. The van der Waals surface area contributed by atoms with Crippen LogP contribution in [0.1, 0.15) is 11.1 Å². The van der Waals surface area contributed by atoms with E-state index in [9.17, 15) is 10.4 Å². The van der Waals surface area contributed by atoms with Crippen LogP contribution >= 0.6 is 11.6 Å². The Hall–Kier alpha value is -4.10. The highest BCUT2D eigenvalue weighted by Gasteiger charge is 2.46. The maximum atomic E-state index is 11.7. The number of hydrogen-bond acceptors (Lipinski definition) is 5. The zero-order valence-electron chi connectivity index (χ0n) is 18.2. The van der Waals surface area contributed by atoms with Crippen molar-refractivity contribution in [1.82, 2.24) is 15.0 Å². The Bertz CT molecular complexity index is 1420. The van der Waals surface area contributed by atoms with E-state index in [4.69, 9.17) is 16.3 Å². The molecule has 0 radical (unpaired) electrons. The molecule has 2 unspecified atom stereocenters. The molecule has 0 bridgehead atoms. The molecule has 2 atom stereocenters. The van der Waals surface area contributed by atoms with Crippen LogP contribution in [-0.2, 0) is 10.3 Å². The highest BCUT2D eigenvalue weighted by atomic mass is 35.5. The molecule has 7 nitrogen and oxygen atoms in total. The summed E-state index contributed by atoms with van der Waals surface area (Å²) in [6.07, 6.45) is 5.23. The molecule has 0 saturated carbocycles. The summed E-state index contributed by atoms with van der Waals surface area (Å²) >= 11 is 6.26. The predicted molar refractivity (Wildman–Crippen MR) is 130 cm³/mol. The Morgan fingerprint density at radius 1 is 1.00 bits per heavy atom. The number of nitrogens with zero attached hydrogens (tertiary/aromatic N) is 4. The molecule has 0 fully saturated rings. The SMILES string of the molecule is COC1=CC(C(c2ccccc2)(c2ccc(Cl)cc2)n2nnc3ccccc32)C=C/C1=[N+](/[O-])O. The van der Waals surface area contributed by atoms with Crippen molar-refractivity contribution in [3.63, 3.8) is 0 Å². The highest BCUT2D eigenvalue weighted by molar-refractivity contribution is 6.30. The number of para-hydroxylation sites is 1. The zero-order chi connectivity index (χ0) is 23.7. The Kier molecular flexibility index (Phi) is 5.55. The van der Waals surface area contributed by atoms with Crippen molar-refractivity contribution in [2.75, 3.05) is 7.11 Å². The quantitative estimate of drug-likeness (QED) is 0.253. The van der Waals surface area contributed by atoms with E-state index in [0.29, 0.717) is 5.02 Å². The molecule has 1 N–H and O–H groups in total. The van der Waals surface area contributed by atoms with Crippen molar-refractivity contribution < 1.29 is 14.8 Å². The molecule has 1 aliphatic carbocycles. The summed E-state index contributed by atoms with van der Waals surface area (Å²) < 4.78 is 7.39. The number of halogens is 1. The normalized spacial score (nSPS) is 18.9. The second-order valence-electron chi connectivity index (χ2n) is 7.91. The fraction of sp³-hybridized carbons (Fsp3) is 0.115. The lowest BCUT2D eigenvalue weighted by Crippen LogP contribution is -2.44. The van der Waals surface area contributed by atoms with E-state index in [1.165, 1.54) is 7.11 Å². The number of aromatic nitrogens is 3. The van der Waals surface area contributed by atoms with E-state index in [-0.39, 0.29) is 22.3 Å². The fourth-order valence-electron chi connectivity index (χ4n) is 4.63. The van der Waals surface area contributed by atoms with Crippen molar-refractivity contribution >= 4 is 28.3 Å². The van der Waals surface area contributed by atoms with Crippen LogP contribution in [0.25, 0.3) is 11.0 Å². The van der Waals surface area contributed by atoms with Crippen LogP contribution in [0.3, 0.4) is 0 Å². The van der Waals surface area contributed by atoms with Crippen molar-refractivity contribution in [3.8, 4) is 0 Å². The topological polar surface area (TPSA) is 86.2 Å². The monoisotopic (exact) mass is 472 g/mol. The molecule has 1 heterocycles. The summed E-state index contributed by atoms with van der Waals surface area (Å²) in [6.45, 7) is 0. The van der Waals surface area contributed by atoms with Crippen LogP contribution in [0.15, 0.2) is 103 Å². The summed E-state index contributed by atoms with van der Waals surface area (Å²) in [5, 5.41) is 31.0. The third-order valence-electron chi connectivity index (χ3n) is 6.14. The van der Waals surface area contributed by atoms with E-state index in [0.717, 1.165) is 22.2 Å². The minimum absolute atomic E-state index is 0.0141. The lowest BCUT2D eigenvalue weighted by molar-refractivity contribution is -0.725. The number of fused-ring (bicyclic) bond motifs is 1. The average Bonchev–Trinajstić information content (AvgIpc) is 3.30. The van der Waals surface area contributed by atoms with Crippen LogP contribution in [0.5, 0.6) is 0 Å². The summed E-state index contributed by atoms with van der Waals surface area (Å²) in [5.41, 5.74) is 2.54. The van der Waals surface area contributed by atoms with Gasteiger partial charge < -0.3 is 9.94 Å². The molecule has 0 saturated heterocycles. The first-order chi connectivity index (χ1) is 16.6. The van der Waals surface area contributed by atoms with E-state index in [1.807, 2.05) is 95.7 Å². The van der Waals surface area contributed by atoms with Crippen LogP contribution in [-0.4, -0.2) is 37.9 Å². The van der Waals surface area contributed by atoms with Crippen LogP contribution in [0.2, 0.25) is 5.02 Å². The van der Waals surface area contributed by atoms with Gasteiger partial charge in [0.2, 0.25) is 0 Å².